The molecule has 7 nitrogen and oxygen atoms in total. The first-order valence-electron chi connectivity index (χ1n) is 8.53. The third kappa shape index (κ3) is 2.97. The summed E-state index contributed by atoms with van der Waals surface area (Å²) in [7, 11) is 0. The van der Waals surface area contributed by atoms with Gasteiger partial charge in [0.05, 0.1) is 24.1 Å². The Labute approximate surface area is 146 Å². The third-order valence-corrected chi connectivity index (χ3v) is 4.53. The van der Waals surface area contributed by atoms with Crippen molar-refractivity contribution in [2.45, 2.75) is 39.7 Å². The first-order chi connectivity index (χ1) is 12.1. The average molecular weight is 335 g/mol. The highest BCUT2D eigenvalue weighted by molar-refractivity contribution is 5.38. The highest BCUT2D eigenvalue weighted by Crippen LogP contribution is 2.33. The van der Waals surface area contributed by atoms with E-state index < -0.39 is 0 Å². The quantitative estimate of drug-likeness (QED) is 0.733. The van der Waals surface area contributed by atoms with Crippen molar-refractivity contribution in [1.29, 1.82) is 0 Å². The molecule has 0 amide bonds. The molecule has 0 N–H and O–H groups in total. The molecule has 1 fully saturated rings. The Balaban J connectivity index is 1.70. The zero-order chi connectivity index (χ0) is 17.4. The maximum absolute atomic E-state index is 4.84. The highest BCUT2D eigenvalue weighted by atomic mass is 15.3. The Hall–Kier alpha value is -2.83. The van der Waals surface area contributed by atoms with Gasteiger partial charge in [0.15, 0.2) is 5.82 Å². The fourth-order valence-electron chi connectivity index (χ4n) is 3.42. The van der Waals surface area contributed by atoms with Crippen LogP contribution < -0.4 is 4.90 Å². The van der Waals surface area contributed by atoms with Crippen LogP contribution in [-0.4, -0.2) is 36.0 Å². The predicted molar refractivity (Wildman–Crippen MR) is 94.7 cm³/mol. The Kier molecular flexibility index (Phi) is 3.91. The molecule has 25 heavy (non-hydrogen) atoms. The molecule has 0 aromatic carbocycles. The van der Waals surface area contributed by atoms with E-state index in [0.29, 0.717) is 0 Å². The van der Waals surface area contributed by atoms with E-state index in [0.717, 1.165) is 54.1 Å². The Morgan fingerprint density at radius 1 is 1.04 bits per heavy atom. The summed E-state index contributed by atoms with van der Waals surface area (Å²) in [4.78, 5) is 25.0. The van der Waals surface area contributed by atoms with E-state index in [1.807, 2.05) is 43.8 Å². The van der Waals surface area contributed by atoms with Gasteiger partial charge in [0.1, 0.15) is 5.82 Å². The van der Waals surface area contributed by atoms with Gasteiger partial charge in [-0.2, -0.15) is 0 Å². The molecule has 1 aliphatic rings. The van der Waals surface area contributed by atoms with Gasteiger partial charge >= 0.3 is 0 Å². The van der Waals surface area contributed by atoms with Crippen molar-refractivity contribution in [2.24, 2.45) is 0 Å². The van der Waals surface area contributed by atoms with Crippen molar-refractivity contribution in [3.8, 4) is 5.82 Å². The topological polar surface area (TPSA) is 72.6 Å². The van der Waals surface area contributed by atoms with Crippen LogP contribution in [-0.2, 0) is 0 Å². The predicted octanol–water partition coefficient (Wildman–Crippen LogP) is 2.72. The summed E-state index contributed by atoms with van der Waals surface area (Å²) in [6.07, 6.45) is 9.41. The summed E-state index contributed by atoms with van der Waals surface area (Å²) < 4.78 is 1.95. The lowest BCUT2D eigenvalue weighted by Gasteiger charge is -2.24. The smallest absolute Gasteiger partial charge is 0.226 e. The number of imidazole rings is 1. The van der Waals surface area contributed by atoms with Crippen LogP contribution in [0.15, 0.2) is 30.9 Å². The van der Waals surface area contributed by atoms with Gasteiger partial charge in [-0.05, 0) is 39.7 Å². The SMILES string of the molecule is Cc1cc(C)nc(N2CCC[C@H]2c2cncc(-n3ccnc3C)n2)n1. The normalized spacial score (nSPS) is 17.2. The summed E-state index contributed by atoms with van der Waals surface area (Å²) in [5, 5.41) is 0. The lowest BCUT2D eigenvalue weighted by atomic mass is 10.1. The standard InChI is InChI=1S/C18H21N7/c1-12-9-13(2)22-18(21-12)25-7-4-5-16(25)15-10-19-11-17(23-15)24-8-6-20-14(24)3/h6,8-11,16H,4-5,7H2,1-3H3/t16-/m0/s1. The zero-order valence-corrected chi connectivity index (χ0v) is 14.7. The minimum atomic E-state index is 0.150. The van der Waals surface area contributed by atoms with Crippen molar-refractivity contribution >= 4 is 5.95 Å². The summed E-state index contributed by atoms with van der Waals surface area (Å²) in [5.41, 5.74) is 2.93. The van der Waals surface area contributed by atoms with Crippen LogP contribution in [0.3, 0.4) is 0 Å². The van der Waals surface area contributed by atoms with Gasteiger partial charge in [-0.1, -0.05) is 0 Å². The molecule has 1 saturated heterocycles. The molecule has 0 spiro atoms. The summed E-state index contributed by atoms with van der Waals surface area (Å²) >= 11 is 0. The second-order valence-electron chi connectivity index (χ2n) is 6.45. The molecule has 0 saturated carbocycles. The molecular weight excluding hydrogens is 314 g/mol. The van der Waals surface area contributed by atoms with Gasteiger partial charge in [-0.25, -0.2) is 19.9 Å². The number of rotatable bonds is 3. The monoisotopic (exact) mass is 335 g/mol. The van der Waals surface area contributed by atoms with E-state index in [-0.39, 0.29) is 6.04 Å². The maximum Gasteiger partial charge on any atom is 0.226 e. The van der Waals surface area contributed by atoms with Gasteiger partial charge in [-0.3, -0.25) is 9.55 Å². The van der Waals surface area contributed by atoms with Gasteiger partial charge in [0, 0.05) is 30.3 Å². The van der Waals surface area contributed by atoms with E-state index >= 15 is 0 Å². The first-order valence-corrected chi connectivity index (χ1v) is 8.53. The first kappa shape index (κ1) is 15.7. The van der Waals surface area contributed by atoms with E-state index in [1.165, 1.54) is 0 Å². The van der Waals surface area contributed by atoms with Crippen molar-refractivity contribution in [2.75, 3.05) is 11.4 Å². The van der Waals surface area contributed by atoms with Crippen LogP contribution in [0, 0.1) is 20.8 Å². The molecule has 3 aromatic heterocycles. The van der Waals surface area contributed by atoms with Crippen molar-refractivity contribution in [3.05, 3.63) is 53.8 Å². The van der Waals surface area contributed by atoms with E-state index in [2.05, 4.69) is 24.8 Å². The van der Waals surface area contributed by atoms with Crippen LogP contribution in [0.2, 0.25) is 0 Å². The number of hydrogen-bond donors (Lipinski definition) is 0. The van der Waals surface area contributed by atoms with Crippen LogP contribution in [0.25, 0.3) is 5.82 Å². The largest absolute Gasteiger partial charge is 0.332 e. The Morgan fingerprint density at radius 3 is 2.56 bits per heavy atom. The number of aromatic nitrogens is 6. The second-order valence-corrected chi connectivity index (χ2v) is 6.45. The van der Waals surface area contributed by atoms with Crippen molar-refractivity contribution < 1.29 is 0 Å². The number of hydrogen-bond acceptors (Lipinski definition) is 6. The number of aryl methyl sites for hydroxylation is 3. The van der Waals surface area contributed by atoms with Crippen LogP contribution in [0.1, 0.15) is 41.8 Å². The van der Waals surface area contributed by atoms with Crippen LogP contribution in [0.4, 0.5) is 5.95 Å². The van der Waals surface area contributed by atoms with E-state index in [9.17, 15) is 0 Å². The average Bonchev–Trinajstić information content (AvgIpc) is 3.23. The van der Waals surface area contributed by atoms with Crippen LogP contribution >= 0.6 is 0 Å². The van der Waals surface area contributed by atoms with Gasteiger partial charge in [-0.15, -0.1) is 0 Å². The molecule has 1 aliphatic heterocycles. The molecule has 0 radical (unpaired) electrons. The molecule has 4 rings (SSSR count). The molecule has 0 unspecified atom stereocenters. The highest BCUT2D eigenvalue weighted by Gasteiger charge is 2.30. The molecule has 7 heteroatoms. The molecule has 1 atom stereocenters. The van der Waals surface area contributed by atoms with Crippen molar-refractivity contribution in [1.82, 2.24) is 29.5 Å². The fourth-order valence-corrected chi connectivity index (χ4v) is 3.42. The lowest BCUT2D eigenvalue weighted by molar-refractivity contribution is 0.668. The Bertz CT molecular complexity index is 882. The summed E-state index contributed by atoms with van der Waals surface area (Å²) in [6.45, 7) is 6.90. The van der Waals surface area contributed by atoms with Gasteiger partial charge in [0.2, 0.25) is 5.95 Å². The van der Waals surface area contributed by atoms with Crippen molar-refractivity contribution in [3.63, 3.8) is 0 Å². The second kappa shape index (κ2) is 6.23. The number of nitrogens with zero attached hydrogens (tertiary/aromatic N) is 7. The lowest BCUT2D eigenvalue weighted by Crippen LogP contribution is -2.26. The summed E-state index contributed by atoms with van der Waals surface area (Å²) in [6, 6.07) is 2.15. The summed E-state index contributed by atoms with van der Waals surface area (Å²) in [5.74, 6) is 2.47. The number of anilines is 1. The molecule has 4 heterocycles. The van der Waals surface area contributed by atoms with Gasteiger partial charge < -0.3 is 4.90 Å². The van der Waals surface area contributed by atoms with E-state index in [1.54, 1.807) is 12.4 Å². The fraction of sp³-hybridized carbons (Fsp3) is 0.389. The minimum Gasteiger partial charge on any atom is -0.332 e. The van der Waals surface area contributed by atoms with Crippen LogP contribution in [0.5, 0.6) is 0 Å². The minimum absolute atomic E-state index is 0.150. The molecule has 0 aliphatic carbocycles. The Morgan fingerprint density at radius 2 is 1.84 bits per heavy atom. The van der Waals surface area contributed by atoms with Gasteiger partial charge in [0.25, 0.3) is 0 Å². The molecular formula is C18H21N7. The molecule has 0 bridgehead atoms. The van der Waals surface area contributed by atoms with E-state index in [4.69, 9.17) is 4.98 Å². The molecule has 3 aromatic rings. The zero-order valence-electron chi connectivity index (χ0n) is 14.7. The third-order valence-electron chi connectivity index (χ3n) is 4.53. The maximum atomic E-state index is 4.84. The molecule has 128 valence electrons.